The number of carbonyl (C=O) groups excluding carboxylic acids is 4. The number of rotatable bonds is 9. The first kappa shape index (κ1) is 30.9. The Balaban J connectivity index is 1.42. The molecule has 2 aliphatic rings. The maximum absolute atomic E-state index is 14.2. The number of fused-ring (bicyclic) bond motifs is 2. The second-order valence-electron chi connectivity index (χ2n) is 12.5. The Labute approximate surface area is 257 Å². The minimum Gasteiger partial charge on any atom is -0.444 e. The molecule has 0 saturated heterocycles. The van der Waals surface area contributed by atoms with Crippen LogP contribution in [0.2, 0.25) is 0 Å². The van der Waals surface area contributed by atoms with Crippen molar-refractivity contribution < 1.29 is 28.3 Å². The highest BCUT2D eigenvalue weighted by Gasteiger charge is 2.37. The fourth-order valence-electron chi connectivity index (χ4n) is 5.90. The van der Waals surface area contributed by atoms with Gasteiger partial charge in [-0.3, -0.25) is 19.3 Å². The number of anilines is 1. The van der Waals surface area contributed by atoms with E-state index in [2.05, 4.69) is 12.1 Å². The Morgan fingerprint density at radius 3 is 2.34 bits per heavy atom. The normalized spacial score (nSPS) is 15.8. The van der Waals surface area contributed by atoms with E-state index < -0.39 is 23.5 Å². The van der Waals surface area contributed by atoms with E-state index in [1.165, 1.54) is 28.2 Å². The van der Waals surface area contributed by atoms with Gasteiger partial charge in [0.2, 0.25) is 12.3 Å². The SMILES string of the molecule is CC(C)(C)OC(=O)N(Cc1ccc(F)cc1)CC1Cc2cc3c(cc2N(CCN(C=O)C(=O)c2ccccc2)C1=O)CCC3. The summed E-state index contributed by atoms with van der Waals surface area (Å²) in [6, 6.07) is 18.7. The van der Waals surface area contributed by atoms with Gasteiger partial charge in [0.05, 0.1) is 5.92 Å². The third-order valence-corrected chi connectivity index (χ3v) is 8.02. The van der Waals surface area contributed by atoms with Crippen LogP contribution >= 0.6 is 0 Å². The molecule has 3 aromatic carbocycles. The number of nitrogens with zero attached hydrogens (tertiary/aromatic N) is 3. The minimum atomic E-state index is -0.753. The van der Waals surface area contributed by atoms with Gasteiger partial charge in [-0.25, -0.2) is 9.18 Å². The predicted molar refractivity (Wildman–Crippen MR) is 165 cm³/mol. The van der Waals surface area contributed by atoms with Crippen LogP contribution in [0.4, 0.5) is 14.9 Å². The lowest BCUT2D eigenvalue weighted by atomic mass is 9.88. The second-order valence-corrected chi connectivity index (χ2v) is 12.5. The van der Waals surface area contributed by atoms with Gasteiger partial charge < -0.3 is 14.5 Å². The lowest BCUT2D eigenvalue weighted by molar-refractivity contribution is -0.124. The molecule has 3 aromatic rings. The number of amides is 4. The first-order chi connectivity index (χ1) is 21.0. The summed E-state index contributed by atoms with van der Waals surface area (Å²) in [6.07, 6.45) is 3.32. The number of aryl methyl sites for hydroxylation is 2. The molecular formula is C35H38FN3O5. The van der Waals surface area contributed by atoms with Crippen molar-refractivity contribution in [1.82, 2.24) is 9.80 Å². The monoisotopic (exact) mass is 599 g/mol. The van der Waals surface area contributed by atoms with E-state index >= 15 is 0 Å². The molecule has 0 fully saturated rings. The Bertz CT molecular complexity index is 1530. The van der Waals surface area contributed by atoms with E-state index in [4.69, 9.17) is 4.74 Å². The summed E-state index contributed by atoms with van der Waals surface area (Å²) in [5.41, 5.74) is 4.59. The third kappa shape index (κ3) is 7.15. The summed E-state index contributed by atoms with van der Waals surface area (Å²) in [7, 11) is 0. The number of imide groups is 1. The number of halogens is 1. The Morgan fingerprint density at radius 2 is 1.68 bits per heavy atom. The van der Waals surface area contributed by atoms with Gasteiger partial charge in [-0.1, -0.05) is 36.4 Å². The lowest BCUT2D eigenvalue weighted by Crippen LogP contribution is -2.50. The molecule has 1 atom stereocenters. The smallest absolute Gasteiger partial charge is 0.410 e. The van der Waals surface area contributed by atoms with Gasteiger partial charge in [-0.2, -0.15) is 0 Å². The van der Waals surface area contributed by atoms with Crippen molar-refractivity contribution >= 4 is 30.0 Å². The van der Waals surface area contributed by atoms with Crippen LogP contribution in [0, 0.1) is 11.7 Å². The van der Waals surface area contributed by atoms with Crippen molar-refractivity contribution in [2.75, 3.05) is 24.5 Å². The predicted octanol–water partition coefficient (Wildman–Crippen LogP) is 5.56. The molecule has 0 spiro atoms. The number of carbonyl (C=O) groups is 4. The molecule has 4 amide bonds. The van der Waals surface area contributed by atoms with Gasteiger partial charge in [0.15, 0.2) is 0 Å². The summed E-state index contributed by atoms with van der Waals surface area (Å²) >= 11 is 0. The maximum atomic E-state index is 14.2. The fourth-order valence-corrected chi connectivity index (χ4v) is 5.90. The van der Waals surface area contributed by atoms with Gasteiger partial charge in [0.25, 0.3) is 5.91 Å². The van der Waals surface area contributed by atoms with Crippen LogP contribution in [0.1, 0.15) is 59.8 Å². The summed E-state index contributed by atoms with van der Waals surface area (Å²) < 4.78 is 19.3. The highest BCUT2D eigenvalue weighted by molar-refractivity contribution is 6.01. The number of hydrogen-bond acceptors (Lipinski definition) is 5. The average molecular weight is 600 g/mol. The molecule has 1 unspecified atom stereocenters. The van der Waals surface area contributed by atoms with Crippen LogP contribution in [0.25, 0.3) is 0 Å². The van der Waals surface area contributed by atoms with Crippen molar-refractivity contribution in [2.45, 2.75) is 58.6 Å². The topological polar surface area (TPSA) is 87.2 Å². The van der Waals surface area contributed by atoms with Crippen LogP contribution in [0.15, 0.2) is 66.7 Å². The van der Waals surface area contributed by atoms with Crippen molar-refractivity contribution in [1.29, 1.82) is 0 Å². The average Bonchev–Trinajstić information content (AvgIpc) is 3.45. The maximum Gasteiger partial charge on any atom is 0.410 e. The van der Waals surface area contributed by atoms with Gasteiger partial charge in [0.1, 0.15) is 11.4 Å². The Kier molecular flexibility index (Phi) is 9.13. The largest absolute Gasteiger partial charge is 0.444 e. The molecule has 8 nitrogen and oxygen atoms in total. The zero-order valence-electron chi connectivity index (χ0n) is 25.4. The molecule has 0 saturated carbocycles. The molecule has 0 N–H and O–H groups in total. The summed E-state index contributed by atoms with van der Waals surface area (Å²) in [6.45, 7) is 5.68. The van der Waals surface area contributed by atoms with E-state index in [9.17, 15) is 23.6 Å². The zero-order chi connectivity index (χ0) is 31.4. The van der Waals surface area contributed by atoms with Crippen LogP contribution in [-0.2, 0) is 40.1 Å². The highest BCUT2D eigenvalue weighted by atomic mass is 19.1. The zero-order valence-corrected chi connectivity index (χ0v) is 25.4. The van der Waals surface area contributed by atoms with Crippen LogP contribution < -0.4 is 4.90 Å². The molecule has 44 heavy (non-hydrogen) atoms. The standard InChI is InChI=1S/C35H38FN3O5/c1-35(2,3)44-34(43)38(21-24-12-14-30(36)15-13-24)22-29-19-28-18-26-10-7-11-27(26)20-31(28)39(33(29)42)17-16-37(23-40)32(41)25-8-5-4-6-9-25/h4-6,8-9,12-15,18,20,23,29H,7,10-11,16-17,19,21-22H2,1-3H3. The van der Waals surface area contributed by atoms with Crippen molar-refractivity contribution in [3.05, 3.63) is 100 Å². The highest BCUT2D eigenvalue weighted by Crippen LogP contribution is 2.36. The van der Waals surface area contributed by atoms with Crippen LogP contribution in [0.5, 0.6) is 0 Å². The van der Waals surface area contributed by atoms with E-state index in [0.717, 1.165) is 35.4 Å². The van der Waals surface area contributed by atoms with E-state index in [-0.39, 0.29) is 37.9 Å². The van der Waals surface area contributed by atoms with Gasteiger partial charge in [-0.05, 0) is 99.0 Å². The summed E-state index contributed by atoms with van der Waals surface area (Å²) in [4.78, 5) is 56.8. The Hall–Kier alpha value is -4.53. The number of hydrogen-bond donors (Lipinski definition) is 0. The quantitative estimate of drug-likeness (QED) is 0.301. The van der Waals surface area contributed by atoms with Crippen LogP contribution in [0.3, 0.4) is 0 Å². The lowest BCUT2D eigenvalue weighted by Gasteiger charge is -2.38. The molecule has 1 aliphatic heterocycles. The molecular weight excluding hydrogens is 561 g/mol. The molecule has 0 aromatic heterocycles. The fraction of sp³-hybridized carbons (Fsp3) is 0.371. The molecule has 230 valence electrons. The van der Waals surface area contributed by atoms with Crippen LogP contribution in [-0.4, -0.2) is 59.4 Å². The van der Waals surface area contributed by atoms with Crippen molar-refractivity contribution in [3.63, 3.8) is 0 Å². The molecule has 0 bridgehead atoms. The Morgan fingerprint density at radius 1 is 1.00 bits per heavy atom. The van der Waals surface area contributed by atoms with Crippen molar-refractivity contribution in [2.24, 2.45) is 5.92 Å². The molecule has 1 heterocycles. The van der Waals surface area contributed by atoms with E-state index in [1.54, 1.807) is 68.1 Å². The molecule has 1 aliphatic carbocycles. The van der Waals surface area contributed by atoms with Crippen molar-refractivity contribution in [3.8, 4) is 0 Å². The van der Waals surface area contributed by atoms with E-state index in [1.807, 2.05) is 0 Å². The molecule has 5 rings (SSSR count). The molecule has 9 heteroatoms. The summed E-state index contributed by atoms with van der Waals surface area (Å²) in [5.74, 6) is -1.60. The minimum absolute atomic E-state index is 0.0115. The molecule has 0 radical (unpaired) electrons. The van der Waals surface area contributed by atoms with Gasteiger partial charge in [0, 0.05) is 37.4 Å². The first-order valence-electron chi connectivity index (χ1n) is 15.0. The van der Waals surface area contributed by atoms with Gasteiger partial charge >= 0.3 is 6.09 Å². The number of benzene rings is 3. The summed E-state index contributed by atoms with van der Waals surface area (Å²) in [5, 5.41) is 0. The third-order valence-electron chi connectivity index (χ3n) is 8.02. The van der Waals surface area contributed by atoms with E-state index in [0.29, 0.717) is 24.0 Å². The van der Waals surface area contributed by atoms with Gasteiger partial charge in [-0.15, -0.1) is 0 Å². The number of ether oxygens (including phenoxy) is 1. The second kappa shape index (κ2) is 13.0. The first-order valence-corrected chi connectivity index (χ1v) is 15.0.